The van der Waals surface area contributed by atoms with Crippen LogP contribution < -0.4 is 0 Å². The third kappa shape index (κ3) is 2.21. The van der Waals surface area contributed by atoms with Crippen molar-refractivity contribution >= 4 is 15.9 Å². The molecule has 3 heteroatoms. The maximum absolute atomic E-state index is 5.75. The number of alkyl halides is 1. The fourth-order valence-corrected chi connectivity index (χ4v) is 1.52. The Hall–Kier alpha value is 0.400. The molecule has 0 bridgehead atoms. The molecule has 0 aromatic carbocycles. The van der Waals surface area contributed by atoms with Crippen LogP contribution in [-0.2, 0) is 9.47 Å². The summed E-state index contributed by atoms with van der Waals surface area (Å²) in [5.41, 5.74) is 0.147. The van der Waals surface area contributed by atoms with Gasteiger partial charge in [-0.2, -0.15) is 0 Å². The molecular formula is C9H17BrO2. The number of hydrogen-bond donors (Lipinski definition) is 0. The fourth-order valence-electron chi connectivity index (χ4n) is 1.16. The SMILES string of the molecule is CC1(C)OCC(C(C)(C)CBr)O1. The molecule has 0 radical (unpaired) electrons. The summed E-state index contributed by atoms with van der Waals surface area (Å²) in [6.07, 6.45) is 0.201. The molecular weight excluding hydrogens is 220 g/mol. The minimum atomic E-state index is -0.399. The molecule has 1 aliphatic rings. The smallest absolute Gasteiger partial charge is 0.163 e. The summed E-state index contributed by atoms with van der Waals surface area (Å²) in [6, 6.07) is 0. The molecule has 72 valence electrons. The molecule has 0 saturated carbocycles. The lowest BCUT2D eigenvalue weighted by Gasteiger charge is -2.28. The van der Waals surface area contributed by atoms with Gasteiger partial charge in [-0.3, -0.25) is 0 Å². The Balaban J connectivity index is 2.58. The maximum atomic E-state index is 5.75. The van der Waals surface area contributed by atoms with E-state index in [1.54, 1.807) is 0 Å². The van der Waals surface area contributed by atoms with Gasteiger partial charge < -0.3 is 9.47 Å². The highest BCUT2D eigenvalue weighted by Crippen LogP contribution is 2.34. The van der Waals surface area contributed by atoms with E-state index in [0.29, 0.717) is 6.61 Å². The van der Waals surface area contributed by atoms with Gasteiger partial charge in [0.15, 0.2) is 5.79 Å². The Labute approximate surface area is 82.7 Å². The van der Waals surface area contributed by atoms with Gasteiger partial charge in [0.25, 0.3) is 0 Å². The molecule has 0 amide bonds. The molecule has 1 rings (SSSR count). The standard InChI is InChI=1S/C9H17BrO2/c1-8(2,6-10)7-5-11-9(3,4)12-7/h7H,5-6H2,1-4H3. The summed E-state index contributed by atoms with van der Waals surface area (Å²) in [4.78, 5) is 0. The Morgan fingerprint density at radius 2 is 2.08 bits per heavy atom. The summed E-state index contributed by atoms with van der Waals surface area (Å²) in [5, 5.41) is 0.935. The topological polar surface area (TPSA) is 18.5 Å². The highest BCUT2D eigenvalue weighted by atomic mass is 79.9. The van der Waals surface area contributed by atoms with E-state index in [9.17, 15) is 0 Å². The predicted molar refractivity (Wildman–Crippen MR) is 52.5 cm³/mol. The molecule has 1 atom stereocenters. The Morgan fingerprint density at radius 3 is 2.42 bits per heavy atom. The lowest BCUT2D eigenvalue weighted by molar-refractivity contribution is -0.149. The summed E-state index contributed by atoms with van der Waals surface area (Å²) in [5.74, 6) is -0.399. The first kappa shape index (κ1) is 10.5. The van der Waals surface area contributed by atoms with Gasteiger partial charge in [-0.25, -0.2) is 0 Å². The van der Waals surface area contributed by atoms with Gasteiger partial charge in [-0.15, -0.1) is 0 Å². The van der Waals surface area contributed by atoms with Gasteiger partial charge >= 0.3 is 0 Å². The van der Waals surface area contributed by atoms with Gasteiger partial charge in [-0.05, 0) is 13.8 Å². The van der Waals surface area contributed by atoms with Crippen molar-refractivity contribution in [3.8, 4) is 0 Å². The average Bonchev–Trinajstić information content (AvgIpc) is 2.31. The predicted octanol–water partition coefficient (Wildman–Crippen LogP) is 2.56. The molecule has 0 aliphatic carbocycles. The third-order valence-electron chi connectivity index (χ3n) is 2.22. The van der Waals surface area contributed by atoms with Crippen LogP contribution in [0.5, 0.6) is 0 Å². The molecule has 0 aromatic rings. The van der Waals surface area contributed by atoms with E-state index in [4.69, 9.17) is 9.47 Å². The normalized spacial score (nSPS) is 29.2. The first-order valence-electron chi connectivity index (χ1n) is 4.25. The van der Waals surface area contributed by atoms with Crippen molar-refractivity contribution in [3.63, 3.8) is 0 Å². The van der Waals surface area contributed by atoms with E-state index < -0.39 is 5.79 Å². The van der Waals surface area contributed by atoms with Crippen LogP contribution in [0.3, 0.4) is 0 Å². The second-order valence-electron chi connectivity index (χ2n) is 4.44. The first-order valence-corrected chi connectivity index (χ1v) is 5.37. The van der Waals surface area contributed by atoms with Crippen molar-refractivity contribution < 1.29 is 9.47 Å². The van der Waals surface area contributed by atoms with E-state index >= 15 is 0 Å². The van der Waals surface area contributed by atoms with Gasteiger partial charge in [-0.1, -0.05) is 29.8 Å². The molecule has 1 aliphatic heterocycles. The second kappa shape index (κ2) is 3.28. The van der Waals surface area contributed by atoms with Crippen LogP contribution in [-0.4, -0.2) is 23.8 Å². The van der Waals surface area contributed by atoms with Gasteiger partial charge in [0.2, 0.25) is 0 Å². The van der Waals surface area contributed by atoms with Crippen LogP contribution in [0.4, 0.5) is 0 Å². The fraction of sp³-hybridized carbons (Fsp3) is 1.00. The largest absolute Gasteiger partial charge is 0.348 e. The van der Waals surface area contributed by atoms with Crippen LogP contribution >= 0.6 is 15.9 Å². The first-order chi connectivity index (χ1) is 5.37. The van der Waals surface area contributed by atoms with Gasteiger partial charge in [0.1, 0.15) is 0 Å². The lowest BCUT2D eigenvalue weighted by atomic mass is 9.89. The van der Waals surface area contributed by atoms with Crippen molar-refractivity contribution in [3.05, 3.63) is 0 Å². The molecule has 0 aromatic heterocycles. The number of ether oxygens (including phenoxy) is 2. The Bertz CT molecular complexity index is 166. The van der Waals surface area contributed by atoms with Crippen LogP contribution in [0, 0.1) is 5.41 Å². The number of halogens is 1. The average molecular weight is 237 g/mol. The van der Waals surface area contributed by atoms with E-state index in [0.717, 1.165) is 5.33 Å². The minimum absolute atomic E-state index is 0.147. The zero-order valence-corrected chi connectivity index (χ0v) is 9.77. The van der Waals surface area contributed by atoms with Crippen molar-refractivity contribution in [1.82, 2.24) is 0 Å². The van der Waals surface area contributed by atoms with Gasteiger partial charge in [0.05, 0.1) is 12.7 Å². The quantitative estimate of drug-likeness (QED) is 0.687. The van der Waals surface area contributed by atoms with E-state index in [2.05, 4.69) is 29.8 Å². The van der Waals surface area contributed by atoms with Crippen LogP contribution in [0.25, 0.3) is 0 Å². The zero-order chi connectivity index (χ0) is 9.41. The summed E-state index contributed by atoms with van der Waals surface area (Å²) < 4.78 is 11.3. The molecule has 1 heterocycles. The van der Waals surface area contributed by atoms with Crippen LogP contribution in [0.15, 0.2) is 0 Å². The van der Waals surface area contributed by atoms with Crippen molar-refractivity contribution in [1.29, 1.82) is 0 Å². The highest BCUT2D eigenvalue weighted by Gasteiger charge is 2.40. The minimum Gasteiger partial charge on any atom is -0.348 e. The lowest BCUT2D eigenvalue weighted by Crippen LogP contribution is -2.34. The monoisotopic (exact) mass is 236 g/mol. The van der Waals surface area contributed by atoms with E-state index in [1.807, 2.05) is 13.8 Å². The number of hydrogen-bond acceptors (Lipinski definition) is 2. The van der Waals surface area contributed by atoms with Crippen molar-refractivity contribution in [2.75, 3.05) is 11.9 Å². The summed E-state index contributed by atoms with van der Waals surface area (Å²) >= 11 is 3.48. The van der Waals surface area contributed by atoms with Crippen LogP contribution in [0.1, 0.15) is 27.7 Å². The molecule has 2 nitrogen and oxygen atoms in total. The van der Waals surface area contributed by atoms with E-state index in [1.165, 1.54) is 0 Å². The molecule has 0 spiro atoms. The summed E-state index contributed by atoms with van der Waals surface area (Å²) in [7, 11) is 0. The zero-order valence-electron chi connectivity index (χ0n) is 8.19. The Kier molecular flexibility index (Phi) is 2.86. The third-order valence-corrected chi connectivity index (χ3v) is 3.67. The second-order valence-corrected chi connectivity index (χ2v) is 5.00. The van der Waals surface area contributed by atoms with Crippen molar-refractivity contribution in [2.45, 2.75) is 39.6 Å². The molecule has 12 heavy (non-hydrogen) atoms. The van der Waals surface area contributed by atoms with Crippen LogP contribution in [0.2, 0.25) is 0 Å². The van der Waals surface area contributed by atoms with Crippen molar-refractivity contribution in [2.24, 2.45) is 5.41 Å². The van der Waals surface area contributed by atoms with E-state index in [-0.39, 0.29) is 11.5 Å². The maximum Gasteiger partial charge on any atom is 0.163 e. The molecule has 1 fully saturated rings. The molecule has 0 N–H and O–H groups in total. The molecule has 1 unspecified atom stereocenters. The highest BCUT2D eigenvalue weighted by molar-refractivity contribution is 9.09. The Morgan fingerprint density at radius 1 is 1.50 bits per heavy atom. The number of rotatable bonds is 2. The van der Waals surface area contributed by atoms with Gasteiger partial charge in [0, 0.05) is 10.7 Å². The summed E-state index contributed by atoms with van der Waals surface area (Å²) in [6.45, 7) is 8.97. The molecule has 1 saturated heterocycles.